The van der Waals surface area contributed by atoms with Crippen LogP contribution in [0.4, 0.5) is 70.2 Å². The smallest absolute Gasteiger partial charge is 0.347 e. The highest BCUT2D eigenvalue weighted by atomic mass is 35.5. The van der Waals surface area contributed by atoms with Gasteiger partial charge in [-0.15, -0.1) is 6.58 Å². The monoisotopic (exact) mass is 519 g/mol. The molecular weight excluding hydrogens is 514 g/mol. The zero-order chi connectivity index (χ0) is 25.7. The Kier molecular flexibility index (Phi) is 7.35. The number of hydrogen-bond donors (Lipinski definition) is 1. The molecule has 0 atom stereocenters. The van der Waals surface area contributed by atoms with Crippen molar-refractivity contribution in [3.63, 3.8) is 0 Å². The van der Waals surface area contributed by atoms with Gasteiger partial charge in [-0.25, -0.2) is 0 Å². The molecule has 0 aliphatic carbocycles. The van der Waals surface area contributed by atoms with E-state index in [0.29, 0.717) is 11.4 Å². The first kappa shape index (κ1) is 29.4. The van der Waals surface area contributed by atoms with Crippen LogP contribution >= 0.6 is 11.6 Å². The van der Waals surface area contributed by atoms with E-state index in [9.17, 15) is 75.0 Å². The second kappa shape index (κ2) is 7.75. The van der Waals surface area contributed by atoms with Gasteiger partial charge in [0.05, 0.1) is 0 Å². The Labute approximate surface area is 165 Å². The van der Waals surface area contributed by atoms with Crippen LogP contribution in [0, 0.1) is 0 Å². The Bertz CT molecular complexity index is 697. The van der Waals surface area contributed by atoms with E-state index in [1.807, 2.05) is 0 Å². The van der Waals surface area contributed by atoms with Crippen molar-refractivity contribution in [2.24, 2.45) is 0 Å². The van der Waals surface area contributed by atoms with Crippen molar-refractivity contribution in [3.8, 4) is 0 Å². The summed E-state index contributed by atoms with van der Waals surface area (Å²) in [4.78, 5) is 10.8. The first-order chi connectivity index (χ1) is 13.2. The minimum atomic E-state index is -8.60. The van der Waals surface area contributed by atoms with E-state index in [2.05, 4.69) is 18.2 Å². The molecule has 1 N–H and O–H groups in total. The summed E-state index contributed by atoms with van der Waals surface area (Å²) in [5.74, 6) is -60.2. The molecule has 0 aromatic heterocycles. The van der Waals surface area contributed by atoms with Crippen molar-refractivity contribution in [1.82, 2.24) is 5.32 Å². The highest BCUT2D eigenvalue weighted by molar-refractivity contribution is 6.22. The third kappa shape index (κ3) is 3.88. The van der Waals surface area contributed by atoms with Crippen LogP contribution in [0.25, 0.3) is 0 Å². The van der Waals surface area contributed by atoms with Crippen LogP contribution in [0.15, 0.2) is 12.7 Å². The maximum Gasteiger partial charge on any atom is 0.393 e. The summed E-state index contributed by atoms with van der Waals surface area (Å²) < 4.78 is 210. The molecule has 19 heteroatoms. The quantitative estimate of drug-likeness (QED) is 0.228. The molecule has 31 heavy (non-hydrogen) atoms. The molecule has 0 heterocycles. The fourth-order valence-electron chi connectivity index (χ4n) is 1.58. The van der Waals surface area contributed by atoms with Gasteiger partial charge in [0.2, 0.25) is 0 Å². The molecule has 0 radical (unpaired) electrons. The van der Waals surface area contributed by atoms with Crippen LogP contribution in [-0.2, 0) is 4.79 Å². The molecule has 2 nitrogen and oxygen atoms in total. The van der Waals surface area contributed by atoms with Gasteiger partial charge in [0.25, 0.3) is 5.91 Å². The number of alkyl halides is 17. The lowest BCUT2D eigenvalue weighted by Crippen LogP contribution is -2.75. The van der Waals surface area contributed by atoms with E-state index in [0.717, 1.165) is 0 Å². The van der Waals surface area contributed by atoms with Gasteiger partial charge in [0.1, 0.15) is 0 Å². The summed E-state index contributed by atoms with van der Waals surface area (Å²) in [5, 5.41) is -6.17. The summed E-state index contributed by atoms with van der Waals surface area (Å²) in [6.07, 6.45) is 0.446. The number of carbonyl (C=O) groups excluding carboxylic acids is 1. The molecule has 0 aliphatic heterocycles. The number of rotatable bonds is 10. The molecule has 0 fully saturated rings. The van der Waals surface area contributed by atoms with Crippen LogP contribution in [0.5, 0.6) is 0 Å². The summed E-state index contributed by atoms with van der Waals surface area (Å²) >= 11 is 3.37. The number of nitrogens with one attached hydrogen (secondary N) is 1. The van der Waals surface area contributed by atoms with Crippen molar-refractivity contribution < 1.29 is 75.0 Å². The molecule has 184 valence electrons. The molecule has 1 amide bonds. The van der Waals surface area contributed by atoms with Crippen molar-refractivity contribution in [3.05, 3.63) is 12.7 Å². The second-order valence-corrected chi connectivity index (χ2v) is 5.99. The third-order valence-corrected chi connectivity index (χ3v) is 3.65. The molecule has 0 saturated carbocycles. The Morgan fingerprint density at radius 3 is 1.23 bits per heavy atom. The molecule has 0 aromatic rings. The first-order valence-corrected chi connectivity index (χ1v) is 7.21. The van der Waals surface area contributed by atoms with Gasteiger partial charge < -0.3 is 5.32 Å². The summed E-state index contributed by atoms with van der Waals surface area (Å²) in [5.41, 5.74) is 0. The van der Waals surface area contributed by atoms with Gasteiger partial charge in [-0.2, -0.15) is 70.2 Å². The zero-order valence-corrected chi connectivity index (χ0v) is 14.6. The molecule has 0 saturated heterocycles. The van der Waals surface area contributed by atoms with Crippen LogP contribution in [0.1, 0.15) is 0 Å². The lowest BCUT2D eigenvalue weighted by Gasteiger charge is -2.42. The lowest BCUT2D eigenvalue weighted by atomic mass is 9.89. The maximum atomic E-state index is 13.4. The number of amides is 1. The van der Waals surface area contributed by atoms with E-state index < -0.39 is 59.3 Å². The topological polar surface area (TPSA) is 29.1 Å². The molecule has 0 unspecified atom stereocenters. The van der Waals surface area contributed by atoms with Gasteiger partial charge >= 0.3 is 46.8 Å². The van der Waals surface area contributed by atoms with Crippen molar-refractivity contribution in [1.29, 1.82) is 0 Å². The number of carbonyl (C=O) groups is 1. The van der Waals surface area contributed by atoms with Gasteiger partial charge in [-0.3, -0.25) is 4.79 Å². The van der Waals surface area contributed by atoms with Crippen molar-refractivity contribution >= 4 is 17.5 Å². The average Bonchev–Trinajstić information content (AvgIpc) is 2.57. The number of halogens is 17. The lowest BCUT2D eigenvalue weighted by molar-refractivity contribution is -0.446. The van der Waals surface area contributed by atoms with E-state index in [1.165, 1.54) is 0 Å². The Hall–Kier alpha value is -1.62. The predicted octanol–water partition coefficient (Wildman–Crippen LogP) is 5.57. The molecule has 0 rings (SSSR count). The fraction of sp³-hybridized carbons (Fsp3) is 0.750. The van der Waals surface area contributed by atoms with E-state index in [1.54, 1.807) is 0 Å². The van der Waals surface area contributed by atoms with Crippen LogP contribution < -0.4 is 5.32 Å². The van der Waals surface area contributed by atoms with Gasteiger partial charge in [-0.05, 0) is 11.6 Å². The minimum absolute atomic E-state index is 0.446. The highest BCUT2D eigenvalue weighted by Crippen LogP contribution is 2.64. The molecule has 0 aromatic carbocycles. The second-order valence-electron chi connectivity index (χ2n) is 5.52. The summed E-state index contributed by atoms with van der Waals surface area (Å²) in [7, 11) is 0. The largest absolute Gasteiger partial charge is 0.393 e. The van der Waals surface area contributed by atoms with Crippen molar-refractivity contribution in [2.45, 2.75) is 46.8 Å². The fourth-order valence-corrected chi connectivity index (χ4v) is 1.70. The van der Waals surface area contributed by atoms with Gasteiger partial charge in [0.15, 0.2) is 0 Å². The number of hydrogen-bond acceptors (Lipinski definition) is 1. The van der Waals surface area contributed by atoms with Crippen molar-refractivity contribution in [2.75, 3.05) is 6.54 Å². The Balaban J connectivity index is 6.69. The third-order valence-electron chi connectivity index (χ3n) is 3.41. The van der Waals surface area contributed by atoms with E-state index in [4.69, 9.17) is 0 Å². The molecule has 0 aliphatic rings. The van der Waals surface area contributed by atoms with Crippen LogP contribution in [-0.4, -0.2) is 59.3 Å². The Morgan fingerprint density at radius 1 is 0.645 bits per heavy atom. The minimum Gasteiger partial charge on any atom is -0.347 e. The maximum absolute atomic E-state index is 13.4. The van der Waals surface area contributed by atoms with E-state index in [-0.39, 0.29) is 0 Å². The van der Waals surface area contributed by atoms with E-state index >= 15 is 0 Å². The van der Waals surface area contributed by atoms with Crippen LogP contribution in [0.2, 0.25) is 0 Å². The normalized spacial score (nSPS) is 15.6. The summed E-state index contributed by atoms with van der Waals surface area (Å²) in [6.45, 7) is 1.52. The standard InChI is InChI=1S/C12H6ClF16NO/c1-2-3-30-4(31)5(14,15)6(16,17)7(18,19)8(20,21)9(22,23)10(24,25)11(26,27)12(13,28)29/h2H,1,3H2,(H,30,31). The molecule has 0 bridgehead atoms. The van der Waals surface area contributed by atoms with Gasteiger partial charge in [0, 0.05) is 6.54 Å². The SMILES string of the molecule is C=CCNC(=O)C(F)(F)C(F)(F)C(F)(F)C(F)(F)C(F)(F)C(F)(F)C(F)(F)C(F)(F)Cl. The van der Waals surface area contributed by atoms with Crippen LogP contribution in [0.3, 0.4) is 0 Å². The predicted molar refractivity (Wildman–Crippen MR) is 68.6 cm³/mol. The summed E-state index contributed by atoms with van der Waals surface area (Å²) in [6, 6.07) is 0. The van der Waals surface area contributed by atoms with Gasteiger partial charge in [-0.1, -0.05) is 6.08 Å². The zero-order valence-electron chi connectivity index (χ0n) is 13.8. The highest BCUT2D eigenvalue weighted by Gasteiger charge is 2.95. The Morgan fingerprint density at radius 2 is 0.935 bits per heavy atom. The molecule has 0 spiro atoms. The average molecular weight is 520 g/mol. The first-order valence-electron chi connectivity index (χ1n) is 6.84. The molecular formula is C12H6ClF16NO.